The molecular formula is C19H27FN2O5. The zero-order valence-electron chi connectivity index (χ0n) is 16.2. The molecule has 1 aliphatic rings. The number of hydrogen-bond acceptors (Lipinski definition) is 6. The lowest BCUT2D eigenvalue weighted by Crippen LogP contribution is -2.48. The Morgan fingerprint density at radius 3 is 2.44 bits per heavy atom. The summed E-state index contributed by atoms with van der Waals surface area (Å²) in [4.78, 5) is 29.1. The van der Waals surface area contributed by atoms with Crippen LogP contribution in [0.5, 0.6) is 0 Å². The van der Waals surface area contributed by atoms with E-state index in [2.05, 4.69) is 4.98 Å². The average Bonchev–Trinajstić information content (AvgIpc) is 2.60. The third kappa shape index (κ3) is 5.38. The van der Waals surface area contributed by atoms with Crippen molar-refractivity contribution in [2.75, 3.05) is 19.7 Å². The van der Waals surface area contributed by atoms with Crippen LogP contribution in [0.2, 0.25) is 0 Å². The molecule has 1 fully saturated rings. The molecule has 1 atom stereocenters. The molecular weight excluding hydrogens is 355 g/mol. The molecule has 1 N–H and O–H groups in total. The number of amides is 1. The van der Waals surface area contributed by atoms with Gasteiger partial charge in [-0.1, -0.05) is 6.07 Å². The van der Waals surface area contributed by atoms with Gasteiger partial charge < -0.3 is 19.5 Å². The van der Waals surface area contributed by atoms with Crippen molar-refractivity contribution >= 4 is 12.1 Å². The number of hydrogen-bond donors (Lipinski definition) is 1. The van der Waals surface area contributed by atoms with Gasteiger partial charge in [0.05, 0.1) is 6.61 Å². The lowest BCUT2D eigenvalue weighted by atomic mass is 9.85. The Morgan fingerprint density at radius 1 is 1.33 bits per heavy atom. The number of pyridine rings is 1. The number of alkyl halides is 1. The van der Waals surface area contributed by atoms with Gasteiger partial charge in [-0.05, 0) is 33.8 Å². The summed E-state index contributed by atoms with van der Waals surface area (Å²) >= 11 is 0. The predicted octanol–water partition coefficient (Wildman–Crippen LogP) is 3.03. The van der Waals surface area contributed by atoms with Crippen molar-refractivity contribution in [1.29, 1.82) is 0 Å². The number of likely N-dealkylation sites (tertiary alicyclic amines) is 1. The largest absolute Gasteiger partial charge is 0.461 e. The maximum absolute atomic E-state index is 15.3. The first-order valence-corrected chi connectivity index (χ1v) is 9.04. The minimum Gasteiger partial charge on any atom is -0.461 e. The van der Waals surface area contributed by atoms with E-state index in [1.165, 1.54) is 23.2 Å². The topological polar surface area (TPSA) is 89.0 Å². The van der Waals surface area contributed by atoms with Crippen molar-refractivity contribution in [1.82, 2.24) is 9.88 Å². The fourth-order valence-corrected chi connectivity index (χ4v) is 2.85. The van der Waals surface area contributed by atoms with Crippen LogP contribution >= 0.6 is 0 Å². The zero-order chi connectivity index (χ0) is 20.2. The number of aliphatic hydroxyl groups is 1. The van der Waals surface area contributed by atoms with Gasteiger partial charge in [0.1, 0.15) is 23.1 Å². The highest BCUT2D eigenvalue weighted by Crippen LogP contribution is 2.38. The summed E-state index contributed by atoms with van der Waals surface area (Å²) in [7, 11) is 0. The van der Waals surface area contributed by atoms with Crippen LogP contribution in [0.4, 0.5) is 9.18 Å². The highest BCUT2D eigenvalue weighted by molar-refractivity contribution is 5.87. The molecule has 0 saturated carbocycles. The van der Waals surface area contributed by atoms with Crippen LogP contribution in [-0.2, 0) is 9.47 Å². The molecule has 27 heavy (non-hydrogen) atoms. The number of carbonyl (C=O) groups excluding carboxylic acids is 2. The lowest BCUT2D eigenvalue weighted by Gasteiger charge is -2.39. The van der Waals surface area contributed by atoms with E-state index in [1.54, 1.807) is 27.7 Å². The first kappa shape index (κ1) is 21.1. The molecule has 0 aliphatic carbocycles. The molecule has 8 heteroatoms. The maximum atomic E-state index is 15.3. The van der Waals surface area contributed by atoms with E-state index in [0.717, 1.165) is 0 Å². The number of rotatable bonds is 4. The van der Waals surface area contributed by atoms with Crippen molar-refractivity contribution < 1.29 is 28.6 Å². The molecule has 150 valence electrons. The third-order valence-electron chi connectivity index (χ3n) is 4.32. The molecule has 0 aromatic carbocycles. The van der Waals surface area contributed by atoms with E-state index in [1.807, 2.05) is 0 Å². The molecule has 1 aromatic rings. The standard InChI is InChI=1S/C19H27FN2O5/c1-5-26-16(24)14-7-6-13(12-21-14)15(23)19(20)8-10-22(11-9-19)17(25)27-18(2,3)4/h6-7,12,15,23H,5,8-11H2,1-4H3. The van der Waals surface area contributed by atoms with Crippen LogP contribution in [0.15, 0.2) is 18.3 Å². The molecule has 1 unspecified atom stereocenters. The first-order valence-electron chi connectivity index (χ1n) is 9.04. The second-order valence-corrected chi connectivity index (χ2v) is 7.60. The minimum atomic E-state index is -1.88. The molecule has 1 saturated heterocycles. The second-order valence-electron chi connectivity index (χ2n) is 7.60. The average molecular weight is 382 g/mol. The molecule has 2 heterocycles. The van der Waals surface area contributed by atoms with E-state index in [-0.39, 0.29) is 43.8 Å². The van der Waals surface area contributed by atoms with E-state index < -0.39 is 29.4 Å². The monoisotopic (exact) mass is 382 g/mol. The van der Waals surface area contributed by atoms with Gasteiger partial charge in [0, 0.05) is 37.7 Å². The predicted molar refractivity (Wildman–Crippen MR) is 96.0 cm³/mol. The molecule has 1 amide bonds. The summed E-state index contributed by atoms with van der Waals surface area (Å²) in [5.41, 5.74) is -2.13. The number of carbonyl (C=O) groups is 2. The molecule has 1 aromatic heterocycles. The van der Waals surface area contributed by atoms with Gasteiger partial charge in [-0.3, -0.25) is 0 Å². The van der Waals surface area contributed by atoms with Crippen molar-refractivity contribution in [3.05, 3.63) is 29.6 Å². The zero-order valence-corrected chi connectivity index (χ0v) is 16.2. The van der Waals surface area contributed by atoms with Crippen LogP contribution in [0.3, 0.4) is 0 Å². The van der Waals surface area contributed by atoms with Gasteiger partial charge in [0.15, 0.2) is 0 Å². The van der Waals surface area contributed by atoms with E-state index in [4.69, 9.17) is 9.47 Å². The van der Waals surface area contributed by atoms with E-state index in [0.29, 0.717) is 0 Å². The van der Waals surface area contributed by atoms with Gasteiger partial charge in [-0.2, -0.15) is 0 Å². The van der Waals surface area contributed by atoms with Crippen LogP contribution in [-0.4, -0.2) is 58.0 Å². The van der Waals surface area contributed by atoms with Gasteiger partial charge in [-0.25, -0.2) is 19.0 Å². The Labute approximate surface area is 158 Å². The Hall–Kier alpha value is -2.22. The summed E-state index contributed by atoms with van der Waals surface area (Å²) in [6, 6.07) is 2.86. The number of halogens is 1. The Kier molecular flexibility index (Phi) is 6.41. The van der Waals surface area contributed by atoms with Crippen LogP contribution < -0.4 is 0 Å². The second kappa shape index (κ2) is 8.21. The van der Waals surface area contributed by atoms with Crippen molar-refractivity contribution in [2.45, 2.75) is 57.9 Å². The smallest absolute Gasteiger partial charge is 0.410 e. The molecule has 0 radical (unpaired) electrons. The third-order valence-corrected chi connectivity index (χ3v) is 4.32. The normalized spacial score (nSPS) is 17.9. The molecule has 7 nitrogen and oxygen atoms in total. The number of aromatic nitrogens is 1. The van der Waals surface area contributed by atoms with Crippen molar-refractivity contribution in [3.8, 4) is 0 Å². The Bertz CT molecular complexity index is 664. The van der Waals surface area contributed by atoms with Crippen LogP contribution in [0.25, 0.3) is 0 Å². The van der Waals surface area contributed by atoms with Gasteiger partial charge in [-0.15, -0.1) is 0 Å². The van der Waals surface area contributed by atoms with E-state index >= 15 is 4.39 Å². The quantitative estimate of drug-likeness (QED) is 0.805. The SMILES string of the molecule is CCOC(=O)c1ccc(C(O)C2(F)CCN(C(=O)OC(C)(C)C)CC2)cn1. The summed E-state index contributed by atoms with van der Waals surface area (Å²) < 4.78 is 25.4. The molecule has 1 aliphatic heterocycles. The summed E-state index contributed by atoms with van der Waals surface area (Å²) in [5, 5.41) is 10.5. The Balaban J connectivity index is 2.00. The minimum absolute atomic E-state index is 0.0208. The number of aliphatic hydroxyl groups excluding tert-OH is 1. The highest BCUT2D eigenvalue weighted by Gasteiger charge is 2.43. The van der Waals surface area contributed by atoms with Gasteiger partial charge in [0.25, 0.3) is 0 Å². The molecule has 0 spiro atoms. The highest BCUT2D eigenvalue weighted by atomic mass is 19.1. The number of nitrogens with zero attached hydrogens (tertiary/aromatic N) is 2. The lowest BCUT2D eigenvalue weighted by molar-refractivity contribution is -0.0561. The fraction of sp³-hybridized carbons (Fsp3) is 0.632. The molecule has 2 rings (SSSR count). The summed E-state index contributed by atoms with van der Waals surface area (Å²) in [6.07, 6.45) is -0.653. The Morgan fingerprint density at radius 2 is 1.96 bits per heavy atom. The van der Waals surface area contributed by atoms with Crippen molar-refractivity contribution in [3.63, 3.8) is 0 Å². The molecule has 0 bridgehead atoms. The maximum Gasteiger partial charge on any atom is 0.410 e. The number of ether oxygens (including phenoxy) is 2. The van der Waals surface area contributed by atoms with E-state index in [9.17, 15) is 14.7 Å². The summed E-state index contributed by atoms with van der Waals surface area (Å²) in [5.74, 6) is -0.570. The van der Waals surface area contributed by atoms with Crippen LogP contribution in [0.1, 0.15) is 62.7 Å². The summed E-state index contributed by atoms with van der Waals surface area (Å²) in [6.45, 7) is 7.52. The van der Waals surface area contributed by atoms with Gasteiger partial charge in [0.2, 0.25) is 0 Å². The van der Waals surface area contributed by atoms with Crippen molar-refractivity contribution in [2.24, 2.45) is 0 Å². The first-order chi connectivity index (χ1) is 12.6. The number of piperidine rings is 1. The number of esters is 1. The van der Waals surface area contributed by atoms with Crippen LogP contribution in [0, 0.1) is 0 Å². The fourth-order valence-electron chi connectivity index (χ4n) is 2.85. The van der Waals surface area contributed by atoms with Gasteiger partial charge >= 0.3 is 12.1 Å².